The molecule has 0 radical (unpaired) electrons. The van der Waals surface area contributed by atoms with Crippen molar-refractivity contribution in [3.05, 3.63) is 90.0 Å². The predicted octanol–water partition coefficient (Wildman–Crippen LogP) is 4.43. The molecule has 0 saturated heterocycles. The quantitative estimate of drug-likeness (QED) is 0.679. The predicted molar refractivity (Wildman–Crippen MR) is 97.1 cm³/mol. The molecule has 27 heavy (non-hydrogen) atoms. The van der Waals surface area contributed by atoms with E-state index in [4.69, 9.17) is 4.74 Å². The molecule has 0 aliphatic rings. The Morgan fingerprint density at radius 1 is 0.852 bits per heavy atom. The second kappa shape index (κ2) is 8.23. The molecule has 0 bridgehead atoms. The Morgan fingerprint density at radius 2 is 1.52 bits per heavy atom. The summed E-state index contributed by atoms with van der Waals surface area (Å²) in [7, 11) is 0. The van der Waals surface area contributed by atoms with Crippen molar-refractivity contribution in [1.29, 1.82) is 0 Å². The van der Waals surface area contributed by atoms with E-state index in [0.717, 1.165) is 23.3 Å². The monoisotopic (exact) mass is 367 g/mol. The highest BCUT2D eigenvalue weighted by Gasteiger charge is 2.12. The van der Waals surface area contributed by atoms with Crippen molar-refractivity contribution >= 4 is 17.6 Å². The van der Waals surface area contributed by atoms with Gasteiger partial charge in [-0.3, -0.25) is 4.79 Å². The molecular formula is C21H15F2NO3. The smallest absolute Gasteiger partial charge is 0.338 e. The van der Waals surface area contributed by atoms with E-state index < -0.39 is 30.1 Å². The fourth-order valence-electron chi connectivity index (χ4n) is 2.42. The van der Waals surface area contributed by atoms with Crippen molar-refractivity contribution < 1.29 is 23.1 Å². The first-order chi connectivity index (χ1) is 13.0. The van der Waals surface area contributed by atoms with Crippen molar-refractivity contribution in [2.24, 2.45) is 0 Å². The minimum absolute atomic E-state index is 0.190. The van der Waals surface area contributed by atoms with Crippen LogP contribution in [0.5, 0.6) is 0 Å². The molecule has 0 aromatic heterocycles. The number of benzene rings is 3. The number of amides is 1. The molecule has 3 aromatic rings. The number of anilines is 1. The lowest BCUT2D eigenvalue weighted by molar-refractivity contribution is -0.119. The van der Waals surface area contributed by atoms with Crippen molar-refractivity contribution in [1.82, 2.24) is 0 Å². The van der Waals surface area contributed by atoms with Crippen molar-refractivity contribution in [3.63, 3.8) is 0 Å². The number of carbonyl (C=O) groups is 2. The van der Waals surface area contributed by atoms with E-state index in [-0.39, 0.29) is 11.3 Å². The van der Waals surface area contributed by atoms with Crippen molar-refractivity contribution in [2.75, 3.05) is 11.9 Å². The van der Waals surface area contributed by atoms with Gasteiger partial charge in [0.2, 0.25) is 0 Å². The molecule has 0 atom stereocenters. The number of esters is 1. The minimum atomic E-state index is -0.911. The number of rotatable bonds is 5. The second-order valence-corrected chi connectivity index (χ2v) is 5.69. The average Bonchev–Trinajstić information content (AvgIpc) is 2.69. The van der Waals surface area contributed by atoms with Crippen LogP contribution in [0, 0.1) is 11.6 Å². The highest BCUT2D eigenvalue weighted by molar-refractivity contribution is 5.95. The fraction of sp³-hybridized carbons (Fsp3) is 0.0476. The van der Waals surface area contributed by atoms with Crippen LogP contribution in [0.15, 0.2) is 72.8 Å². The van der Waals surface area contributed by atoms with Gasteiger partial charge in [0.1, 0.15) is 11.6 Å². The first-order valence-corrected chi connectivity index (χ1v) is 8.10. The zero-order valence-electron chi connectivity index (χ0n) is 14.1. The number of halogens is 2. The molecule has 3 rings (SSSR count). The van der Waals surface area contributed by atoms with Gasteiger partial charge in [0.25, 0.3) is 5.91 Å². The van der Waals surface area contributed by atoms with Gasteiger partial charge in [0.05, 0.1) is 11.3 Å². The number of hydrogen-bond acceptors (Lipinski definition) is 3. The summed E-state index contributed by atoms with van der Waals surface area (Å²) >= 11 is 0. The van der Waals surface area contributed by atoms with Gasteiger partial charge in [-0.1, -0.05) is 42.5 Å². The fourth-order valence-corrected chi connectivity index (χ4v) is 2.42. The summed E-state index contributed by atoms with van der Waals surface area (Å²) in [6.45, 7) is -0.587. The van der Waals surface area contributed by atoms with Crippen LogP contribution in [-0.4, -0.2) is 18.5 Å². The molecule has 0 fully saturated rings. The molecule has 4 nitrogen and oxygen atoms in total. The highest BCUT2D eigenvalue weighted by atomic mass is 19.1. The summed E-state index contributed by atoms with van der Waals surface area (Å²) in [5.41, 5.74) is 2.05. The van der Waals surface area contributed by atoms with Gasteiger partial charge in [-0.2, -0.15) is 0 Å². The molecule has 0 aliphatic heterocycles. The Balaban J connectivity index is 1.56. The molecule has 6 heteroatoms. The number of carbonyl (C=O) groups excluding carboxylic acids is 2. The molecule has 1 amide bonds. The van der Waals surface area contributed by atoms with Gasteiger partial charge in [-0.25, -0.2) is 13.6 Å². The lowest BCUT2D eigenvalue weighted by atomic mass is 10.0. The second-order valence-electron chi connectivity index (χ2n) is 5.69. The molecule has 0 heterocycles. The normalized spacial score (nSPS) is 10.3. The van der Waals surface area contributed by atoms with Crippen LogP contribution in [-0.2, 0) is 9.53 Å². The SMILES string of the molecule is O=C(COC(=O)c1ccc(-c2ccccc2)cc1)Nc1ccc(F)cc1F. The van der Waals surface area contributed by atoms with Gasteiger partial charge in [0, 0.05) is 6.07 Å². The van der Waals surface area contributed by atoms with E-state index in [9.17, 15) is 18.4 Å². The lowest BCUT2D eigenvalue weighted by Crippen LogP contribution is -2.21. The minimum Gasteiger partial charge on any atom is -0.452 e. The van der Waals surface area contributed by atoms with Crippen LogP contribution in [0.2, 0.25) is 0 Å². The highest BCUT2D eigenvalue weighted by Crippen LogP contribution is 2.19. The third-order valence-electron chi connectivity index (χ3n) is 3.77. The average molecular weight is 367 g/mol. The molecule has 3 aromatic carbocycles. The third-order valence-corrected chi connectivity index (χ3v) is 3.77. The van der Waals surface area contributed by atoms with E-state index in [1.807, 2.05) is 30.3 Å². The van der Waals surface area contributed by atoms with Gasteiger partial charge < -0.3 is 10.1 Å². The van der Waals surface area contributed by atoms with Gasteiger partial charge in [0.15, 0.2) is 6.61 Å². The molecule has 1 N–H and O–H groups in total. The summed E-state index contributed by atoms with van der Waals surface area (Å²) in [6.07, 6.45) is 0. The lowest BCUT2D eigenvalue weighted by Gasteiger charge is -2.08. The van der Waals surface area contributed by atoms with E-state index >= 15 is 0 Å². The Kier molecular flexibility index (Phi) is 5.56. The van der Waals surface area contributed by atoms with Crippen LogP contribution >= 0.6 is 0 Å². The van der Waals surface area contributed by atoms with Crippen molar-refractivity contribution in [2.45, 2.75) is 0 Å². The largest absolute Gasteiger partial charge is 0.452 e. The molecule has 136 valence electrons. The van der Waals surface area contributed by atoms with Crippen LogP contribution in [0.4, 0.5) is 14.5 Å². The van der Waals surface area contributed by atoms with Crippen molar-refractivity contribution in [3.8, 4) is 11.1 Å². The molecule has 0 unspecified atom stereocenters. The zero-order chi connectivity index (χ0) is 19.2. The van der Waals surface area contributed by atoms with E-state index in [2.05, 4.69) is 5.32 Å². The van der Waals surface area contributed by atoms with Crippen LogP contribution in [0.1, 0.15) is 10.4 Å². The maximum Gasteiger partial charge on any atom is 0.338 e. The Morgan fingerprint density at radius 3 is 2.19 bits per heavy atom. The van der Waals surface area contributed by atoms with Gasteiger partial charge in [-0.05, 0) is 35.4 Å². The Labute approximate surface area is 154 Å². The van der Waals surface area contributed by atoms with E-state index in [1.54, 1.807) is 24.3 Å². The molecule has 0 aliphatic carbocycles. The molecule has 0 spiro atoms. The van der Waals surface area contributed by atoms with Gasteiger partial charge >= 0.3 is 5.97 Å². The molecule has 0 saturated carbocycles. The summed E-state index contributed by atoms with van der Waals surface area (Å²) in [4.78, 5) is 23.8. The van der Waals surface area contributed by atoms with Gasteiger partial charge in [-0.15, -0.1) is 0 Å². The first-order valence-electron chi connectivity index (χ1n) is 8.10. The topological polar surface area (TPSA) is 55.4 Å². The zero-order valence-corrected chi connectivity index (χ0v) is 14.1. The Bertz CT molecular complexity index is 957. The standard InChI is InChI=1S/C21H15F2NO3/c22-17-10-11-19(18(23)12-17)24-20(25)13-27-21(26)16-8-6-15(7-9-16)14-4-2-1-3-5-14/h1-12H,13H2,(H,24,25). The first kappa shape index (κ1) is 18.3. The summed E-state index contributed by atoms with van der Waals surface area (Å²) in [5.74, 6) is -3.07. The van der Waals surface area contributed by atoms with E-state index in [1.165, 1.54) is 0 Å². The van der Waals surface area contributed by atoms with Crippen LogP contribution in [0.3, 0.4) is 0 Å². The maximum absolute atomic E-state index is 13.5. The number of ether oxygens (including phenoxy) is 1. The maximum atomic E-state index is 13.5. The van der Waals surface area contributed by atoms with Crippen LogP contribution < -0.4 is 5.32 Å². The van der Waals surface area contributed by atoms with Crippen LogP contribution in [0.25, 0.3) is 11.1 Å². The third kappa shape index (κ3) is 4.76. The summed E-state index contributed by atoms with van der Waals surface area (Å²) < 4.78 is 31.3. The number of hydrogen-bond donors (Lipinski definition) is 1. The summed E-state index contributed by atoms with van der Waals surface area (Å²) in [6, 6.07) is 19.2. The number of nitrogens with one attached hydrogen (secondary N) is 1. The van der Waals surface area contributed by atoms with E-state index in [0.29, 0.717) is 6.07 Å². The molecular weight excluding hydrogens is 352 g/mol. The Hall–Kier alpha value is -3.54. The summed E-state index contributed by atoms with van der Waals surface area (Å²) in [5, 5.41) is 2.22.